The number of benzene rings is 1. The Kier molecular flexibility index (Phi) is 5.98. The van der Waals surface area contributed by atoms with Gasteiger partial charge in [-0.3, -0.25) is 0 Å². The Morgan fingerprint density at radius 3 is 2.67 bits per heavy atom. The number of aryl methyl sites for hydroxylation is 1. The zero-order valence-electron chi connectivity index (χ0n) is 13.8. The van der Waals surface area contributed by atoms with Crippen molar-refractivity contribution < 1.29 is 22.6 Å². The second-order valence-corrected chi connectivity index (χ2v) is 7.77. The van der Waals surface area contributed by atoms with Crippen LogP contribution in [0.2, 0.25) is 0 Å². The summed E-state index contributed by atoms with van der Waals surface area (Å²) >= 11 is 0. The molecule has 136 valence electrons. The van der Waals surface area contributed by atoms with Gasteiger partial charge in [-0.1, -0.05) is 0 Å². The van der Waals surface area contributed by atoms with Crippen LogP contribution in [0.3, 0.4) is 0 Å². The van der Waals surface area contributed by atoms with Gasteiger partial charge in [-0.25, -0.2) is 13.1 Å². The van der Waals surface area contributed by atoms with Crippen LogP contribution in [0.1, 0.15) is 18.4 Å². The molecule has 2 aliphatic heterocycles. The van der Waals surface area contributed by atoms with Gasteiger partial charge in [-0.05, 0) is 37.9 Å². The summed E-state index contributed by atoms with van der Waals surface area (Å²) in [5.41, 5.74) is 0.286. The number of rotatable bonds is 6. The average Bonchev–Trinajstić information content (AvgIpc) is 3.14. The minimum Gasteiger partial charge on any atom is -0.454 e. The molecule has 1 aromatic carbocycles. The molecule has 3 rings (SSSR count). The Labute approximate surface area is 148 Å². The number of hydrogen-bond acceptors (Lipinski definition) is 6. The normalized spacial score (nSPS) is 22.4. The topological polar surface area (TPSA) is 85.9 Å². The molecule has 0 radical (unpaired) electrons. The van der Waals surface area contributed by atoms with Crippen molar-refractivity contribution >= 4 is 22.4 Å². The minimum atomic E-state index is -3.64. The van der Waals surface area contributed by atoms with Crippen molar-refractivity contribution in [1.29, 1.82) is 0 Å². The maximum atomic E-state index is 12.7. The molecule has 0 bridgehead atoms. The van der Waals surface area contributed by atoms with E-state index in [0.717, 1.165) is 19.4 Å². The Bertz CT molecular complexity index is 689. The van der Waals surface area contributed by atoms with Crippen LogP contribution in [-0.4, -0.2) is 47.6 Å². The fraction of sp³-hybridized carbons (Fsp3) is 0.600. The quantitative estimate of drug-likeness (QED) is 0.773. The van der Waals surface area contributed by atoms with Crippen LogP contribution >= 0.6 is 12.4 Å². The Hall–Kier alpha value is -1.06. The molecule has 0 saturated carbocycles. The summed E-state index contributed by atoms with van der Waals surface area (Å²) in [6.45, 7) is 3.49. The Morgan fingerprint density at radius 1 is 1.33 bits per heavy atom. The average molecular weight is 379 g/mol. The summed E-state index contributed by atoms with van der Waals surface area (Å²) in [6, 6.07) is 3.21. The van der Waals surface area contributed by atoms with Gasteiger partial charge in [0.05, 0.1) is 17.0 Å². The highest BCUT2D eigenvalue weighted by Crippen LogP contribution is 2.36. The summed E-state index contributed by atoms with van der Waals surface area (Å²) in [4.78, 5) is 0.215. The van der Waals surface area contributed by atoms with Crippen LogP contribution in [0.25, 0.3) is 0 Å². The van der Waals surface area contributed by atoms with Crippen molar-refractivity contribution in [3.63, 3.8) is 0 Å². The van der Waals surface area contributed by atoms with Gasteiger partial charge in [0.2, 0.25) is 16.8 Å². The molecule has 0 amide bonds. The maximum Gasteiger partial charge on any atom is 0.241 e. The molecular formula is C15H23ClN2O5S. The van der Waals surface area contributed by atoms with Crippen LogP contribution in [0.15, 0.2) is 17.0 Å². The molecule has 1 fully saturated rings. The van der Waals surface area contributed by atoms with Crippen molar-refractivity contribution in [2.75, 3.05) is 33.6 Å². The van der Waals surface area contributed by atoms with E-state index in [1.165, 1.54) is 6.07 Å². The molecule has 1 atom stereocenters. The molecule has 2 heterocycles. The van der Waals surface area contributed by atoms with E-state index in [2.05, 4.69) is 10.0 Å². The number of ether oxygens (including phenoxy) is 3. The van der Waals surface area contributed by atoms with Gasteiger partial charge in [0.1, 0.15) is 0 Å². The first kappa shape index (κ1) is 19.3. The molecule has 0 aliphatic carbocycles. The lowest BCUT2D eigenvalue weighted by atomic mass is 9.99. The first-order valence-corrected chi connectivity index (χ1v) is 9.08. The molecule has 0 aromatic heterocycles. The summed E-state index contributed by atoms with van der Waals surface area (Å²) < 4.78 is 43.9. The van der Waals surface area contributed by atoms with E-state index in [0.29, 0.717) is 23.7 Å². The molecule has 7 nitrogen and oxygen atoms in total. The predicted molar refractivity (Wildman–Crippen MR) is 91.6 cm³/mol. The van der Waals surface area contributed by atoms with E-state index < -0.39 is 10.0 Å². The van der Waals surface area contributed by atoms with Crippen molar-refractivity contribution in [3.05, 3.63) is 17.7 Å². The standard InChI is InChI=1S/C15H22N2O5S.ClH/c1-11-6-12-13(22-10-21-12)7-14(11)23(18,19)17-8-15(9-20-2)4-3-5-16-15;/h6-7,16-17H,3-5,8-10H2,1-2H3;1H. The third kappa shape index (κ3) is 3.78. The minimum absolute atomic E-state index is 0. The number of methoxy groups -OCH3 is 1. The van der Waals surface area contributed by atoms with Gasteiger partial charge in [0, 0.05) is 19.7 Å². The van der Waals surface area contributed by atoms with Crippen molar-refractivity contribution in [2.45, 2.75) is 30.2 Å². The van der Waals surface area contributed by atoms with Crippen LogP contribution < -0.4 is 19.5 Å². The van der Waals surface area contributed by atoms with E-state index in [1.54, 1.807) is 20.1 Å². The first-order valence-electron chi connectivity index (χ1n) is 7.60. The number of halogens is 1. The highest BCUT2D eigenvalue weighted by atomic mass is 35.5. The van der Waals surface area contributed by atoms with Crippen LogP contribution in [-0.2, 0) is 14.8 Å². The Morgan fingerprint density at radius 2 is 2.04 bits per heavy atom. The van der Waals surface area contributed by atoms with Crippen LogP contribution in [0.5, 0.6) is 11.5 Å². The number of hydrogen-bond donors (Lipinski definition) is 2. The molecule has 1 unspecified atom stereocenters. The third-order valence-corrected chi connectivity index (χ3v) is 5.86. The maximum absolute atomic E-state index is 12.7. The highest BCUT2D eigenvalue weighted by molar-refractivity contribution is 7.89. The zero-order valence-corrected chi connectivity index (χ0v) is 15.4. The highest BCUT2D eigenvalue weighted by Gasteiger charge is 2.35. The second-order valence-electron chi connectivity index (χ2n) is 6.04. The molecule has 24 heavy (non-hydrogen) atoms. The molecule has 0 spiro atoms. The van der Waals surface area contributed by atoms with E-state index >= 15 is 0 Å². The lowest BCUT2D eigenvalue weighted by Crippen LogP contribution is -2.52. The molecule has 2 N–H and O–H groups in total. The SMILES string of the molecule is COCC1(CNS(=O)(=O)c2cc3c(cc2C)OCO3)CCCN1.Cl. The third-order valence-electron chi connectivity index (χ3n) is 4.31. The van der Waals surface area contributed by atoms with Crippen LogP contribution in [0, 0.1) is 6.92 Å². The van der Waals surface area contributed by atoms with Gasteiger partial charge in [-0.15, -0.1) is 12.4 Å². The lowest BCUT2D eigenvalue weighted by molar-refractivity contribution is 0.122. The van der Waals surface area contributed by atoms with E-state index in [4.69, 9.17) is 14.2 Å². The van der Waals surface area contributed by atoms with Crippen molar-refractivity contribution in [1.82, 2.24) is 10.0 Å². The second kappa shape index (κ2) is 7.45. The summed E-state index contributed by atoms with van der Waals surface area (Å²) in [5, 5.41) is 3.35. The summed E-state index contributed by atoms with van der Waals surface area (Å²) in [5.74, 6) is 1.04. The fourth-order valence-electron chi connectivity index (χ4n) is 3.10. The first-order chi connectivity index (χ1) is 11.0. The Balaban J connectivity index is 0.00000208. The molecule has 9 heteroatoms. The fourth-order valence-corrected chi connectivity index (χ4v) is 4.46. The molecule has 1 saturated heterocycles. The molecule has 2 aliphatic rings. The largest absolute Gasteiger partial charge is 0.454 e. The number of nitrogens with one attached hydrogen (secondary N) is 2. The number of fused-ring (bicyclic) bond motifs is 1. The van der Waals surface area contributed by atoms with E-state index in [9.17, 15) is 8.42 Å². The van der Waals surface area contributed by atoms with Gasteiger partial charge >= 0.3 is 0 Å². The van der Waals surface area contributed by atoms with Crippen LogP contribution in [0.4, 0.5) is 0 Å². The number of sulfonamides is 1. The molecule has 1 aromatic rings. The zero-order chi connectivity index (χ0) is 16.5. The summed E-state index contributed by atoms with van der Waals surface area (Å²) in [6.07, 6.45) is 1.89. The van der Waals surface area contributed by atoms with Crippen molar-refractivity contribution in [2.24, 2.45) is 0 Å². The van der Waals surface area contributed by atoms with Gasteiger partial charge in [0.25, 0.3) is 0 Å². The smallest absolute Gasteiger partial charge is 0.241 e. The summed E-state index contributed by atoms with van der Waals surface area (Å²) in [7, 11) is -2.01. The predicted octanol–water partition coefficient (Wildman–Crippen LogP) is 1.19. The van der Waals surface area contributed by atoms with E-state index in [1.807, 2.05) is 0 Å². The van der Waals surface area contributed by atoms with E-state index in [-0.39, 0.29) is 36.2 Å². The lowest BCUT2D eigenvalue weighted by Gasteiger charge is -2.29. The van der Waals surface area contributed by atoms with Gasteiger partial charge in [0.15, 0.2) is 11.5 Å². The van der Waals surface area contributed by atoms with Crippen molar-refractivity contribution in [3.8, 4) is 11.5 Å². The van der Waals surface area contributed by atoms with Gasteiger partial charge in [-0.2, -0.15) is 0 Å². The molecular weight excluding hydrogens is 356 g/mol. The van der Waals surface area contributed by atoms with Gasteiger partial charge < -0.3 is 19.5 Å². The monoisotopic (exact) mass is 378 g/mol.